The Bertz CT molecular complexity index is 232. The lowest BCUT2D eigenvalue weighted by atomic mass is 9.86. The van der Waals surface area contributed by atoms with Gasteiger partial charge in [-0.25, -0.2) is 17.6 Å². The van der Waals surface area contributed by atoms with Gasteiger partial charge in [-0.1, -0.05) is 0 Å². The van der Waals surface area contributed by atoms with Crippen molar-refractivity contribution in [3.63, 3.8) is 0 Å². The summed E-state index contributed by atoms with van der Waals surface area (Å²) in [5, 5.41) is 1.97. The number of carbonyl (C=O) groups excluding carboxylic acids is 1. The molecule has 1 atom stereocenters. The second-order valence-corrected chi connectivity index (χ2v) is 3.79. The van der Waals surface area contributed by atoms with Crippen molar-refractivity contribution in [3.8, 4) is 0 Å². The number of rotatable bonds is 3. The highest BCUT2D eigenvalue weighted by Crippen LogP contribution is 2.36. The Labute approximate surface area is 85.0 Å². The molecule has 0 aliphatic heterocycles. The van der Waals surface area contributed by atoms with Crippen LogP contribution in [-0.4, -0.2) is 24.8 Å². The second-order valence-electron chi connectivity index (χ2n) is 3.79. The smallest absolute Gasteiger partial charge is 0.255 e. The van der Waals surface area contributed by atoms with E-state index in [0.717, 1.165) is 0 Å². The SMILES string of the molecule is O=C(NCC(F)F)C1CCCC(F)(F)C1. The van der Waals surface area contributed by atoms with E-state index in [1.54, 1.807) is 0 Å². The largest absolute Gasteiger partial charge is 0.350 e. The van der Waals surface area contributed by atoms with Crippen molar-refractivity contribution in [3.05, 3.63) is 0 Å². The highest BCUT2D eigenvalue weighted by Gasteiger charge is 2.39. The first-order valence-electron chi connectivity index (χ1n) is 4.84. The summed E-state index contributed by atoms with van der Waals surface area (Å²) in [7, 11) is 0. The van der Waals surface area contributed by atoms with Crippen molar-refractivity contribution in [2.75, 3.05) is 6.54 Å². The molecule has 0 heterocycles. The van der Waals surface area contributed by atoms with Crippen molar-refractivity contribution in [2.24, 2.45) is 5.92 Å². The van der Waals surface area contributed by atoms with Crippen LogP contribution in [0.3, 0.4) is 0 Å². The summed E-state index contributed by atoms with van der Waals surface area (Å²) < 4.78 is 49.3. The highest BCUT2D eigenvalue weighted by molar-refractivity contribution is 5.78. The summed E-state index contributed by atoms with van der Waals surface area (Å²) in [6, 6.07) is 0. The molecule has 1 saturated carbocycles. The molecule has 1 unspecified atom stereocenters. The van der Waals surface area contributed by atoms with Crippen molar-refractivity contribution < 1.29 is 22.4 Å². The molecular weight excluding hydrogens is 214 g/mol. The Morgan fingerprint density at radius 2 is 2.13 bits per heavy atom. The standard InChI is InChI=1S/C9H13F4NO/c10-7(11)5-14-8(15)6-2-1-3-9(12,13)4-6/h6-7H,1-5H2,(H,14,15). The van der Waals surface area contributed by atoms with Gasteiger partial charge in [0.25, 0.3) is 6.43 Å². The van der Waals surface area contributed by atoms with E-state index in [9.17, 15) is 22.4 Å². The van der Waals surface area contributed by atoms with Gasteiger partial charge in [-0.05, 0) is 12.8 Å². The fourth-order valence-electron chi connectivity index (χ4n) is 1.72. The zero-order valence-corrected chi connectivity index (χ0v) is 8.11. The molecule has 0 radical (unpaired) electrons. The van der Waals surface area contributed by atoms with Gasteiger partial charge in [-0.3, -0.25) is 4.79 Å². The molecular formula is C9H13F4NO. The molecule has 0 spiro atoms. The van der Waals surface area contributed by atoms with Gasteiger partial charge in [0.15, 0.2) is 0 Å². The van der Waals surface area contributed by atoms with Crippen molar-refractivity contribution in [2.45, 2.75) is 38.0 Å². The number of alkyl halides is 4. The van der Waals surface area contributed by atoms with Crippen LogP contribution in [0.5, 0.6) is 0 Å². The topological polar surface area (TPSA) is 29.1 Å². The van der Waals surface area contributed by atoms with Crippen molar-refractivity contribution in [1.82, 2.24) is 5.32 Å². The summed E-state index contributed by atoms with van der Waals surface area (Å²) in [6.07, 6.45) is -2.77. The maximum absolute atomic E-state index is 12.9. The van der Waals surface area contributed by atoms with Crippen LogP contribution in [0.4, 0.5) is 17.6 Å². The quantitative estimate of drug-likeness (QED) is 0.736. The summed E-state index contributed by atoms with van der Waals surface area (Å²) in [5.41, 5.74) is 0. The van der Waals surface area contributed by atoms with E-state index in [4.69, 9.17) is 0 Å². The molecule has 1 aliphatic carbocycles. The first-order valence-corrected chi connectivity index (χ1v) is 4.84. The summed E-state index contributed by atoms with van der Waals surface area (Å²) >= 11 is 0. The molecule has 0 aromatic heterocycles. The van der Waals surface area contributed by atoms with Crippen LogP contribution >= 0.6 is 0 Å². The van der Waals surface area contributed by atoms with E-state index in [0.29, 0.717) is 6.42 Å². The monoisotopic (exact) mass is 227 g/mol. The van der Waals surface area contributed by atoms with Gasteiger partial charge in [0.2, 0.25) is 11.8 Å². The minimum absolute atomic E-state index is 0.217. The van der Waals surface area contributed by atoms with Gasteiger partial charge in [-0.15, -0.1) is 0 Å². The first-order chi connectivity index (χ1) is 6.91. The summed E-state index contributed by atoms with van der Waals surface area (Å²) in [4.78, 5) is 11.2. The molecule has 1 aliphatic rings. The van der Waals surface area contributed by atoms with E-state index in [-0.39, 0.29) is 12.8 Å². The Kier molecular flexibility index (Phi) is 3.93. The Morgan fingerprint density at radius 1 is 1.47 bits per heavy atom. The summed E-state index contributed by atoms with van der Waals surface area (Å²) in [6.45, 7) is -0.763. The fourth-order valence-corrected chi connectivity index (χ4v) is 1.72. The zero-order chi connectivity index (χ0) is 11.5. The second kappa shape index (κ2) is 4.81. The number of hydrogen-bond donors (Lipinski definition) is 1. The number of halogens is 4. The average molecular weight is 227 g/mol. The predicted octanol–water partition coefficient (Wildman–Crippen LogP) is 2.19. The number of nitrogens with one attached hydrogen (secondary N) is 1. The Balaban J connectivity index is 2.39. The lowest BCUT2D eigenvalue weighted by molar-refractivity contribution is -0.132. The highest BCUT2D eigenvalue weighted by atomic mass is 19.3. The van der Waals surface area contributed by atoms with E-state index in [2.05, 4.69) is 0 Å². The first kappa shape index (κ1) is 12.3. The number of hydrogen-bond acceptors (Lipinski definition) is 1. The molecule has 1 fully saturated rings. The molecule has 88 valence electrons. The molecule has 2 nitrogen and oxygen atoms in total. The predicted molar refractivity (Wildman–Crippen MR) is 45.9 cm³/mol. The molecule has 1 N–H and O–H groups in total. The normalized spacial score (nSPS) is 25.3. The minimum atomic E-state index is -2.83. The molecule has 0 saturated heterocycles. The van der Waals surface area contributed by atoms with Crippen LogP contribution in [0.2, 0.25) is 0 Å². The van der Waals surface area contributed by atoms with Crippen LogP contribution in [0.15, 0.2) is 0 Å². The van der Waals surface area contributed by atoms with Crippen LogP contribution in [0.25, 0.3) is 0 Å². The molecule has 0 bridgehead atoms. The molecule has 0 aromatic carbocycles. The van der Waals surface area contributed by atoms with E-state index in [1.165, 1.54) is 0 Å². The van der Waals surface area contributed by atoms with Gasteiger partial charge in [-0.2, -0.15) is 0 Å². The zero-order valence-electron chi connectivity index (χ0n) is 8.11. The molecule has 1 rings (SSSR count). The van der Waals surface area contributed by atoms with Crippen LogP contribution in [-0.2, 0) is 4.79 Å². The molecule has 1 amide bonds. The Morgan fingerprint density at radius 3 is 2.67 bits per heavy atom. The fraction of sp³-hybridized carbons (Fsp3) is 0.889. The third-order valence-electron chi connectivity index (χ3n) is 2.44. The lowest BCUT2D eigenvalue weighted by Crippen LogP contribution is -2.39. The Hall–Kier alpha value is -0.810. The minimum Gasteiger partial charge on any atom is -0.350 e. The maximum atomic E-state index is 12.9. The third kappa shape index (κ3) is 4.05. The number of amides is 1. The van der Waals surface area contributed by atoms with E-state index >= 15 is 0 Å². The van der Waals surface area contributed by atoms with Gasteiger partial charge in [0.05, 0.1) is 6.54 Å². The van der Waals surface area contributed by atoms with Gasteiger partial charge in [0.1, 0.15) is 0 Å². The molecule has 15 heavy (non-hydrogen) atoms. The van der Waals surface area contributed by atoms with Gasteiger partial charge >= 0.3 is 0 Å². The van der Waals surface area contributed by atoms with Crippen molar-refractivity contribution in [1.29, 1.82) is 0 Å². The van der Waals surface area contributed by atoms with E-state index < -0.39 is 37.1 Å². The van der Waals surface area contributed by atoms with Crippen LogP contribution < -0.4 is 5.32 Å². The maximum Gasteiger partial charge on any atom is 0.255 e. The van der Waals surface area contributed by atoms with E-state index in [1.807, 2.05) is 5.32 Å². The summed E-state index contributed by atoms with van der Waals surface area (Å²) in [5.74, 6) is -4.34. The average Bonchev–Trinajstić information content (AvgIpc) is 2.12. The lowest BCUT2D eigenvalue weighted by Gasteiger charge is -2.27. The number of carbonyl (C=O) groups is 1. The van der Waals surface area contributed by atoms with Crippen LogP contribution in [0.1, 0.15) is 25.7 Å². The molecule has 6 heteroatoms. The third-order valence-corrected chi connectivity index (χ3v) is 2.44. The van der Waals surface area contributed by atoms with Gasteiger partial charge in [0, 0.05) is 18.8 Å². The van der Waals surface area contributed by atoms with Crippen LogP contribution in [0, 0.1) is 5.92 Å². The molecule has 0 aromatic rings. The van der Waals surface area contributed by atoms with Gasteiger partial charge < -0.3 is 5.32 Å². The van der Waals surface area contributed by atoms with Crippen molar-refractivity contribution >= 4 is 5.91 Å².